The minimum Gasteiger partial charge on any atom is -0.469 e. The van der Waals surface area contributed by atoms with Crippen molar-refractivity contribution < 1.29 is 14.4 Å². The van der Waals surface area contributed by atoms with Crippen molar-refractivity contribution in [2.45, 2.75) is 12.6 Å². The smallest absolute Gasteiger partial charge is 0.414 e. The van der Waals surface area contributed by atoms with E-state index in [1.165, 1.54) is 6.20 Å². The van der Waals surface area contributed by atoms with Crippen LogP contribution in [0.4, 0.5) is 5.82 Å². The second-order valence-electron chi connectivity index (χ2n) is 4.15. The summed E-state index contributed by atoms with van der Waals surface area (Å²) in [6.45, 7) is 0.687. The van der Waals surface area contributed by atoms with Gasteiger partial charge in [-0.2, -0.15) is 0 Å². The number of hydrogen-bond donors (Lipinski definition) is 0. The lowest BCUT2D eigenvalue weighted by atomic mass is 10.3. The van der Waals surface area contributed by atoms with Crippen LogP contribution in [0.2, 0.25) is 0 Å². The normalized spacial score (nSPS) is 17.1. The molecular formula is C11H9BrN4O4. The summed E-state index contributed by atoms with van der Waals surface area (Å²) in [6.07, 6.45) is 2.67. The Hall–Kier alpha value is -2.16. The van der Waals surface area contributed by atoms with E-state index in [1.54, 1.807) is 22.9 Å². The van der Waals surface area contributed by atoms with Gasteiger partial charge in [0, 0.05) is 21.7 Å². The van der Waals surface area contributed by atoms with Crippen LogP contribution in [0.25, 0.3) is 0 Å². The van der Waals surface area contributed by atoms with Crippen molar-refractivity contribution in [1.82, 2.24) is 14.5 Å². The van der Waals surface area contributed by atoms with Crippen LogP contribution in [-0.2, 0) is 6.54 Å². The zero-order chi connectivity index (χ0) is 14.1. The van der Waals surface area contributed by atoms with Crippen LogP contribution in [0, 0.1) is 10.1 Å². The van der Waals surface area contributed by atoms with Crippen molar-refractivity contribution >= 4 is 21.7 Å². The standard InChI is InChI=1S/C11H9BrN4O4/c12-7-1-2-13-10(3-7)20-8-4-15-5-9(16(17)18)14-11(15)19-6-8/h1-3,5,8H,4,6H2/t8-/m0/s1. The summed E-state index contributed by atoms with van der Waals surface area (Å²) in [4.78, 5) is 18.0. The minimum absolute atomic E-state index is 0.235. The molecular weight excluding hydrogens is 332 g/mol. The molecule has 0 N–H and O–H groups in total. The Morgan fingerprint density at radius 1 is 1.60 bits per heavy atom. The van der Waals surface area contributed by atoms with Crippen molar-refractivity contribution in [2.75, 3.05) is 6.61 Å². The predicted octanol–water partition coefficient (Wildman–Crippen LogP) is 1.79. The lowest BCUT2D eigenvalue weighted by Gasteiger charge is -2.22. The van der Waals surface area contributed by atoms with Gasteiger partial charge in [0.15, 0.2) is 6.10 Å². The number of halogens is 1. The molecule has 8 nitrogen and oxygen atoms in total. The first-order chi connectivity index (χ1) is 9.61. The molecule has 3 heterocycles. The van der Waals surface area contributed by atoms with E-state index in [1.807, 2.05) is 0 Å². The Kier molecular flexibility index (Phi) is 3.26. The van der Waals surface area contributed by atoms with Gasteiger partial charge in [0.25, 0.3) is 0 Å². The summed E-state index contributed by atoms with van der Waals surface area (Å²) in [7, 11) is 0. The summed E-state index contributed by atoms with van der Waals surface area (Å²) in [5.41, 5.74) is 0. The number of aromatic nitrogens is 3. The van der Waals surface area contributed by atoms with Crippen molar-refractivity contribution in [2.24, 2.45) is 0 Å². The van der Waals surface area contributed by atoms with Crippen molar-refractivity contribution in [1.29, 1.82) is 0 Å². The molecule has 104 valence electrons. The Morgan fingerprint density at radius 2 is 2.45 bits per heavy atom. The number of fused-ring (bicyclic) bond motifs is 1. The van der Waals surface area contributed by atoms with Gasteiger partial charge in [0.1, 0.15) is 12.8 Å². The van der Waals surface area contributed by atoms with Gasteiger partial charge in [-0.05, 0) is 11.0 Å². The van der Waals surface area contributed by atoms with Crippen LogP contribution in [-0.4, -0.2) is 32.2 Å². The molecule has 1 aliphatic rings. The van der Waals surface area contributed by atoms with Crippen LogP contribution < -0.4 is 9.47 Å². The van der Waals surface area contributed by atoms with E-state index >= 15 is 0 Å². The van der Waals surface area contributed by atoms with Gasteiger partial charge in [0.2, 0.25) is 5.88 Å². The number of pyridine rings is 1. The lowest BCUT2D eigenvalue weighted by Crippen LogP contribution is -2.34. The molecule has 3 rings (SSSR count). The van der Waals surface area contributed by atoms with E-state index in [0.29, 0.717) is 12.4 Å². The number of nitro groups is 1. The zero-order valence-corrected chi connectivity index (χ0v) is 11.7. The molecule has 0 aliphatic carbocycles. The van der Waals surface area contributed by atoms with Crippen molar-refractivity contribution in [3.63, 3.8) is 0 Å². The number of nitrogens with zero attached hydrogens (tertiary/aromatic N) is 4. The van der Waals surface area contributed by atoms with E-state index < -0.39 is 4.92 Å². The van der Waals surface area contributed by atoms with E-state index in [0.717, 1.165) is 4.47 Å². The molecule has 0 bridgehead atoms. The Labute approximate surface area is 121 Å². The third kappa shape index (κ3) is 2.57. The molecule has 9 heteroatoms. The maximum atomic E-state index is 10.7. The van der Waals surface area contributed by atoms with Gasteiger partial charge in [-0.25, -0.2) is 4.98 Å². The highest BCUT2D eigenvalue weighted by atomic mass is 79.9. The van der Waals surface area contributed by atoms with Gasteiger partial charge in [-0.3, -0.25) is 4.57 Å². The van der Waals surface area contributed by atoms with Crippen molar-refractivity contribution in [3.8, 4) is 11.9 Å². The highest BCUT2D eigenvalue weighted by Gasteiger charge is 2.28. The van der Waals surface area contributed by atoms with Gasteiger partial charge in [-0.1, -0.05) is 15.9 Å². The molecule has 1 atom stereocenters. The van der Waals surface area contributed by atoms with Crippen LogP contribution in [0.5, 0.6) is 11.9 Å². The molecule has 0 radical (unpaired) electrons. The van der Waals surface area contributed by atoms with E-state index in [4.69, 9.17) is 9.47 Å². The van der Waals surface area contributed by atoms with E-state index in [-0.39, 0.29) is 24.5 Å². The summed E-state index contributed by atoms with van der Waals surface area (Å²) in [5.74, 6) is 0.229. The molecule has 0 saturated carbocycles. The Balaban J connectivity index is 1.73. The van der Waals surface area contributed by atoms with Gasteiger partial charge >= 0.3 is 11.8 Å². The van der Waals surface area contributed by atoms with E-state index in [9.17, 15) is 10.1 Å². The van der Waals surface area contributed by atoms with Gasteiger partial charge in [0.05, 0.1) is 6.54 Å². The average Bonchev–Trinajstić information content (AvgIpc) is 2.82. The SMILES string of the molecule is O=[N+]([O-])c1cn2c(n1)OC[C@@H](Oc1cc(Br)ccn1)C2. The van der Waals surface area contributed by atoms with Crippen molar-refractivity contribution in [3.05, 3.63) is 39.1 Å². The largest absolute Gasteiger partial charge is 0.469 e. The van der Waals surface area contributed by atoms with E-state index in [2.05, 4.69) is 25.9 Å². The first-order valence-electron chi connectivity index (χ1n) is 5.74. The minimum atomic E-state index is -0.555. The number of hydrogen-bond acceptors (Lipinski definition) is 6. The molecule has 0 spiro atoms. The highest BCUT2D eigenvalue weighted by molar-refractivity contribution is 9.10. The fourth-order valence-electron chi connectivity index (χ4n) is 1.85. The molecule has 2 aromatic rings. The predicted molar refractivity (Wildman–Crippen MR) is 70.7 cm³/mol. The quantitative estimate of drug-likeness (QED) is 0.624. The molecule has 0 aromatic carbocycles. The van der Waals surface area contributed by atoms with Crippen LogP contribution in [0.15, 0.2) is 29.0 Å². The average molecular weight is 341 g/mol. The van der Waals surface area contributed by atoms with Crippen LogP contribution >= 0.6 is 15.9 Å². The first-order valence-corrected chi connectivity index (χ1v) is 6.53. The summed E-state index contributed by atoms with van der Waals surface area (Å²) in [5, 5.41) is 10.7. The molecule has 2 aromatic heterocycles. The fraction of sp³-hybridized carbons (Fsp3) is 0.273. The maximum Gasteiger partial charge on any atom is 0.414 e. The molecule has 0 amide bonds. The summed E-state index contributed by atoms with van der Waals surface area (Å²) < 4.78 is 13.4. The number of ether oxygens (including phenoxy) is 2. The molecule has 1 aliphatic heterocycles. The topological polar surface area (TPSA) is 92.3 Å². The Morgan fingerprint density at radius 3 is 3.20 bits per heavy atom. The Bertz CT molecular complexity index is 660. The molecule has 0 fully saturated rings. The number of imidazole rings is 1. The lowest BCUT2D eigenvalue weighted by molar-refractivity contribution is -0.389. The molecule has 20 heavy (non-hydrogen) atoms. The molecule has 0 unspecified atom stereocenters. The monoisotopic (exact) mass is 340 g/mol. The second-order valence-corrected chi connectivity index (χ2v) is 5.07. The zero-order valence-electron chi connectivity index (χ0n) is 10.1. The summed E-state index contributed by atoms with van der Waals surface area (Å²) >= 11 is 3.33. The highest BCUT2D eigenvalue weighted by Crippen LogP contribution is 2.23. The van der Waals surface area contributed by atoms with Gasteiger partial charge in [-0.15, -0.1) is 0 Å². The van der Waals surface area contributed by atoms with Crippen LogP contribution in [0.3, 0.4) is 0 Å². The number of rotatable bonds is 3. The third-order valence-corrected chi connectivity index (χ3v) is 3.19. The third-order valence-electron chi connectivity index (χ3n) is 2.70. The summed E-state index contributed by atoms with van der Waals surface area (Å²) in [6, 6.07) is 3.77. The first kappa shape index (κ1) is 12.9. The maximum absolute atomic E-state index is 10.7. The second kappa shape index (κ2) is 5.08. The van der Waals surface area contributed by atoms with Gasteiger partial charge < -0.3 is 19.6 Å². The molecule has 0 saturated heterocycles. The van der Waals surface area contributed by atoms with Crippen LogP contribution in [0.1, 0.15) is 0 Å². The fourth-order valence-corrected chi connectivity index (χ4v) is 2.17.